The maximum absolute atomic E-state index is 12.4. The Balaban J connectivity index is 3.10. The predicted octanol–water partition coefficient (Wildman–Crippen LogP) is 2.37. The predicted molar refractivity (Wildman–Crippen MR) is 76.0 cm³/mol. The second kappa shape index (κ2) is 6.39. The van der Waals surface area contributed by atoms with E-state index >= 15 is 0 Å². The number of rotatable bonds is 5. The van der Waals surface area contributed by atoms with Crippen LogP contribution in [0.3, 0.4) is 0 Å². The van der Waals surface area contributed by atoms with Crippen molar-refractivity contribution in [2.45, 2.75) is 30.9 Å². The third kappa shape index (κ3) is 3.48. The summed E-state index contributed by atoms with van der Waals surface area (Å²) in [6, 6.07) is 5.97. The minimum absolute atomic E-state index is 0.0769. The van der Waals surface area contributed by atoms with Crippen molar-refractivity contribution in [3.8, 4) is 0 Å². The van der Waals surface area contributed by atoms with Crippen LogP contribution in [0.4, 0.5) is 0 Å². The molecule has 6 heteroatoms. The molecule has 1 amide bonds. The van der Waals surface area contributed by atoms with E-state index in [2.05, 4.69) is 0 Å². The molecule has 0 radical (unpaired) electrons. The fourth-order valence-corrected chi connectivity index (χ4v) is 3.41. The van der Waals surface area contributed by atoms with E-state index in [0.717, 1.165) is 0 Å². The summed E-state index contributed by atoms with van der Waals surface area (Å²) >= 11 is 5.79. The van der Waals surface area contributed by atoms with Crippen LogP contribution < -0.4 is 0 Å². The van der Waals surface area contributed by atoms with E-state index in [1.54, 1.807) is 12.1 Å². The topological polar surface area (TPSA) is 54.5 Å². The normalized spacial score (nSPS) is 13.1. The lowest BCUT2D eigenvalue weighted by Crippen LogP contribution is -2.41. The first-order valence-corrected chi connectivity index (χ1v) is 8.05. The van der Waals surface area contributed by atoms with Crippen LogP contribution in [0.2, 0.25) is 5.02 Å². The van der Waals surface area contributed by atoms with Crippen LogP contribution in [0.5, 0.6) is 0 Å². The van der Waals surface area contributed by atoms with Gasteiger partial charge < -0.3 is 4.90 Å². The highest BCUT2D eigenvalue weighted by atomic mass is 35.5. The molecule has 0 aliphatic carbocycles. The maximum Gasteiger partial charge on any atom is 0.240 e. The first-order valence-electron chi connectivity index (χ1n) is 6.12. The Morgan fingerprint density at radius 1 is 1.32 bits per heavy atom. The average Bonchev–Trinajstić information content (AvgIpc) is 2.39. The van der Waals surface area contributed by atoms with Gasteiger partial charge in [-0.15, -0.1) is 0 Å². The van der Waals surface area contributed by atoms with Gasteiger partial charge in [-0.05, 0) is 39.0 Å². The van der Waals surface area contributed by atoms with Gasteiger partial charge in [-0.1, -0.05) is 17.7 Å². The Labute approximate surface area is 119 Å². The Morgan fingerprint density at radius 3 is 2.37 bits per heavy atom. The van der Waals surface area contributed by atoms with Gasteiger partial charge in [0.15, 0.2) is 9.84 Å². The summed E-state index contributed by atoms with van der Waals surface area (Å²) in [5.74, 6) is -0.384. The lowest BCUT2D eigenvalue weighted by atomic mass is 10.3. The molecule has 1 aromatic rings. The lowest BCUT2D eigenvalue weighted by Gasteiger charge is -2.22. The molecule has 0 heterocycles. The van der Waals surface area contributed by atoms with Gasteiger partial charge in [-0.2, -0.15) is 0 Å². The number of hydrogen-bond acceptors (Lipinski definition) is 3. The Hall–Kier alpha value is -1.07. The SMILES string of the molecule is CCN(CC)C(=O)[C@@H](C)S(=O)(=O)c1cccc(Cl)c1. The largest absolute Gasteiger partial charge is 0.342 e. The zero-order valence-electron chi connectivity index (χ0n) is 11.3. The molecule has 1 rings (SSSR count). The molecule has 0 aliphatic rings. The maximum atomic E-state index is 12.4. The van der Waals surface area contributed by atoms with Crippen LogP contribution in [-0.4, -0.2) is 37.6 Å². The van der Waals surface area contributed by atoms with E-state index in [9.17, 15) is 13.2 Å². The zero-order chi connectivity index (χ0) is 14.6. The Morgan fingerprint density at radius 2 is 1.89 bits per heavy atom. The van der Waals surface area contributed by atoms with E-state index in [0.29, 0.717) is 18.1 Å². The molecular weight excluding hydrogens is 286 g/mol. The van der Waals surface area contributed by atoms with Crippen LogP contribution in [0, 0.1) is 0 Å². The average molecular weight is 304 g/mol. The van der Waals surface area contributed by atoms with Gasteiger partial charge in [-0.25, -0.2) is 8.42 Å². The van der Waals surface area contributed by atoms with Crippen molar-refractivity contribution >= 4 is 27.3 Å². The van der Waals surface area contributed by atoms with Crippen LogP contribution >= 0.6 is 11.6 Å². The number of carbonyl (C=O) groups is 1. The van der Waals surface area contributed by atoms with Crippen molar-refractivity contribution in [1.82, 2.24) is 4.90 Å². The number of halogens is 1. The molecule has 0 fully saturated rings. The fourth-order valence-electron chi connectivity index (χ4n) is 1.77. The summed E-state index contributed by atoms with van der Waals surface area (Å²) in [4.78, 5) is 13.7. The summed E-state index contributed by atoms with van der Waals surface area (Å²) in [6.07, 6.45) is 0. The smallest absolute Gasteiger partial charge is 0.240 e. The molecule has 0 unspecified atom stereocenters. The second-order valence-corrected chi connectivity index (χ2v) is 6.86. The highest BCUT2D eigenvalue weighted by Gasteiger charge is 2.32. The number of sulfone groups is 1. The van der Waals surface area contributed by atoms with E-state index < -0.39 is 15.1 Å². The molecule has 0 N–H and O–H groups in total. The van der Waals surface area contributed by atoms with E-state index in [4.69, 9.17) is 11.6 Å². The molecule has 0 aromatic heterocycles. The first kappa shape index (κ1) is 16.0. The van der Waals surface area contributed by atoms with Gasteiger partial charge in [0.05, 0.1) is 4.90 Å². The van der Waals surface area contributed by atoms with Crippen molar-refractivity contribution < 1.29 is 13.2 Å². The van der Waals surface area contributed by atoms with Gasteiger partial charge in [0.2, 0.25) is 5.91 Å². The van der Waals surface area contributed by atoms with Gasteiger partial charge in [-0.3, -0.25) is 4.79 Å². The third-order valence-corrected chi connectivity index (χ3v) is 5.29. The minimum Gasteiger partial charge on any atom is -0.342 e. The summed E-state index contributed by atoms with van der Waals surface area (Å²) in [5, 5.41) is -0.769. The number of benzene rings is 1. The highest BCUT2D eigenvalue weighted by molar-refractivity contribution is 7.92. The number of amides is 1. The summed E-state index contributed by atoms with van der Waals surface area (Å²) in [6.45, 7) is 6.03. The third-order valence-electron chi connectivity index (χ3n) is 3.01. The molecule has 0 spiro atoms. The number of carbonyl (C=O) groups excluding carboxylic acids is 1. The van der Waals surface area contributed by atoms with E-state index in [1.807, 2.05) is 13.8 Å². The highest BCUT2D eigenvalue weighted by Crippen LogP contribution is 2.21. The molecule has 0 bridgehead atoms. The molecule has 1 atom stereocenters. The molecule has 1 aromatic carbocycles. The zero-order valence-corrected chi connectivity index (χ0v) is 12.8. The standard InChI is InChI=1S/C13H18ClNO3S/c1-4-15(5-2)13(16)10(3)19(17,18)12-8-6-7-11(14)9-12/h6-10H,4-5H2,1-3H3/t10-/m1/s1. The first-order chi connectivity index (χ1) is 8.84. The Bertz CT molecular complexity index is 553. The number of hydrogen-bond donors (Lipinski definition) is 0. The molecule has 0 saturated heterocycles. The van der Waals surface area contributed by atoms with Crippen molar-refractivity contribution in [3.05, 3.63) is 29.3 Å². The van der Waals surface area contributed by atoms with Crippen molar-refractivity contribution in [2.24, 2.45) is 0 Å². The molecule has 0 aliphatic heterocycles. The van der Waals surface area contributed by atoms with E-state index in [1.165, 1.54) is 24.0 Å². The van der Waals surface area contributed by atoms with Crippen LogP contribution in [-0.2, 0) is 14.6 Å². The molecule has 4 nitrogen and oxygen atoms in total. The quantitative estimate of drug-likeness (QED) is 0.839. The van der Waals surface area contributed by atoms with Gasteiger partial charge in [0, 0.05) is 18.1 Å². The summed E-state index contributed by atoms with van der Waals surface area (Å²) in [7, 11) is -3.70. The second-order valence-electron chi connectivity index (χ2n) is 4.16. The summed E-state index contributed by atoms with van der Waals surface area (Å²) < 4.78 is 24.7. The van der Waals surface area contributed by atoms with Crippen molar-refractivity contribution in [2.75, 3.05) is 13.1 Å². The van der Waals surface area contributed by atoms with Crippen molar-refractivity contribution in [1.29, 1.82) is 0 Å². The Kier molecular flexibility index (Phi) is 5.38. The van der Waals surface area contributed by atoms with Crippen LogP contribution in [0.15, 0.2) is 29.2 Å². The number of nitrogens with zero attached hydrogens (tertiary/aromatic N) is 1. The lowest BCUT2D eigenvalue weighted by molar-refractivity contribution is -0.130. The van der Waals surface area contributed by atoms with Crippen molar-refractivity contribution in [3.63, 3.8) is 0 Å². The van der Waals surface area contributed by atoms with Gasteiger partial charge in [0.1, 0.15) is 5.25 Å². The fraction of sp³-hybridized carbons (Fsp3) is 0.462. The molecule has 106 valence electrons. The van der Waals surface area contributed by atoms with E-state index in [-0.39, 0.29) is 10.8 Å². The van der Waals surface area contributed by atoms with Gasteiger partial charge in [0.25, 0.3) is 0 Å². The molecule has 0 saturated carbocycles. The van der Waals surface area contributed by atoms with Crippen LogP contribution in [0.1, 0.15) is 20.8 Å². The van der Waals surface area contributed by atoms with Gasteiger partial charge >= 0.3 is 0 Å². The monoisotopic (exact) mass is 303 g/mol. The minimum atomic E-state index is -3.70. The van der Waals surface area contributed by atoms with Crippen LogP contribution in [0.25, 0.3) is 0 Å². The summed E-state index contributed by atoms with van der Waals surface area (Å²) in [5.41, 5.74) is 0. The molecule has 19 heavy (non-hydrogen) atoms. The molecular formula is C13H18ClNO3S.